The van der Waals surface area contributed by atoms with Gasteiger partial charge in [0, 0.05) is 12.8 Å². The number of hydrogen-bond donors (Lipinski definition) is 1. The highest BCUT2D eigenvalue weighted by molar-refractivity contribution is 7.45. The summed E-state index contributed by atoms with van der Waals surface area (Å²) in [6.45, 7) is 6.86. The van der Waals surface area contributed by atoms with Crippen molar-refractivity contribution < 1.29 is 37.3 Å². The molecule has 0 aromatic carbocycles. The summed E-state index contributed by atoms with van der Waals surface area (Å²) >= 11 is 0. The van der Waals surface area contributed by atoms with Crippen molar-refractivity contribution >= 4 is 19.7 Å². The van der Waals surface area contributed by atoms with Gasteiger partial charge >= 0.3 is 5.97 Å². The Bertz CT molecular complexity index is 1270. The number of amides is 1. The molecule has 0 heterocycles. The van der Waals surface area contributed by atoms with E-state index in [2.05, 4.69) is 38.2 Å². The minimum Gasteiger partial charge on any atom is -0.756 e. The van der Waals surface area contributed by atoms with Gasteiger partial charge in [-0.1, -0.05) is 257 Å². The van der Waals surface area contributed by atoms with Crippen molar-refractivity contribution in [3.05, 3.63) is 24.3 Å². The summed E-state index contributed by atoms with van der Waals surface area (Å²) in [5.41, 5.74) is 0. The number of rotatable bonds is 56. The van der Waals surface area contributed by atoms with E-state index < -0.39 is 20.0 Å². The molecule has 9 nitrogen and oxygen atoms in total. The van der Waals surface area contributed by atoms with Crippen LogP contribution in [0.25, 0.3) is 0 Å². The number of likely N-dealkylation sites (N-methyl/N-ethyl adjacent to an activating group) is 1. The Hall–Kier alpha value is -1.51. The van der Waals surface area contributed by atoms with Crippen LogP contribution in [0.2, 0.25) is 0 Å². The Labute approximate surface area is 441 Å². The van der Waals surface area contributed by atoms with E-state index in [0.29, 0.717) is 17.4 Å². The molecular weight excluding hydrogens is 904 g/mol. The Kier molecular flexibility index (Phi) is 50.8. The lowest BCUT2D eigenvalue weighted by atomic mass is 10.0. The minimum absolute atomic E-state index is 0.0195. The number of ether oxygens (including phenoxy) is 1. The SMILES string of the molecule is CCCCCC/C=C\CCCCCCCCCC(=O)OC(/C=C/CCCCCCCCCCC)C(COP(=O)([O-])OCC[N+](C)(C)C)NC(=O)CCCCCCCCCCCCCCCCCCCCC. The molecule has 3 atom stereocenters. The van der Waals surface area contributed by atoms with Gasteiger partial charge in [-0.25, -0.2) is 0 Å². The largest absolute Gasteiger partial charge is 0.756 e. The standard InChI is InChI=1S/C61H119N2O7P/c1-7-10-13-16-19-22-25-27-29-30-31-32-34-35-38-41-44-47-50-53-60(64)62-58(57-69-71(66,67)68-56-55-63(4,5)6)59(52-49-46-43-40-37-24-21-18-15-12-9-3)70-61(65)54-51-48-45-42-39-36-33-28-26-23-20-17-14-11-8-2/h23,26,49,52,58-59H,7-22,24-25,27-48,50-51,53-57H2,1-6H3,(H-,62,64,66,67)/b26-23-,52-49+. The summed E-state index contributed by atoms with van der Waals surface area (Å²) in [6.07, 6.45) is 60.0. The molecule has 71 heavy (non-hydrogen) atoms. The molecule has 10 heteroatoms. The van der Waals surface area contributed by atoms with Crippen LogP contribution in [0.4, 0.5) is 0 Å². The number of nitrogens with one attached hydrogen (secondary N) is 1. The van der Waals surface area contributed by atoms with E-state index in [4.69, 9.17) is 13.8 Å². The highest BCUT2D eigenvalue weighted by Gasteiger charge is 2.27. The zero-order valence-corrected chi connectivity index (χ0v) is 48.8. The van der Waals surface area contributed by atoms with Gasteiger partial charge in [0.1, 0.15) is 19.3 Å². The maximum Gasteiger partial charge on any atom is 0.306 e. The summed E-state index contributed by atoms with van der Waals surface area (Å²) in [5, 5.41) is 3.03. The summed E-state index contributed by atoms with van der Waals surface area (Å²) in [6, 6.07) is -0.883. The average Bonchev–Trinajstić information content (AvgIpc) is 3.33. The first-order valence-corrected chi connectivity index (χ1v) is 32.1. The molecule has 0 saturated carbocycles. The lowest BCUT2D eigenvalue weighted by Crippen LogP contribution is -2.47. The van der Waals surface area contributed by atoms with Crippen molar-refractivity contribution in [2.45, 2.75) is 315 Å². The third-order valence-corrected chi connectivity index (χ3v) is 14.8. The first-order valence-electron chi connectivity index (χ1n) is 30.6. The highest BCUT2D eigenvalue weighted by atomic mass is 31.2. The van der Waals surface area contributed by atoms with Gasteiger partial charge in [0.05, 0.1) is 33.8 Å². The molecule has 0 fully saturated rings. The van der Waals surface area contributed by atoms with Crippen LogP contribution in [0.5, 0.6) is 0 Å². The zero-order valence-electron chi connectivity index (χ0n) is 48.0. The van der Waals surface area contributed by atoms with Crippen LogP contribution in [0.15, 0.2) is 24.3 Å². The van der Waals surface area contributed by atoms with Gasteiger partial charge in [0.15, 0.2) is 0 Å². The molecule has 1 amide bonds. The number of unbranched alkanes of at least 4 members (excludes halogenated alkanes) is 38. The molecule has 0 aromatic rings. The van der Waals surface area contributed by atoms with Gasteiger partial charge in [-0.05, 0) is 57.4 Å². The average molecular weight is 1020 g/mol. The zero-order chi connectivity index (χ0) is 52.2. The Morgan fingerprint density at radius 3 is 1.21 bits per heavy atom. The maximum absolute atomic E-state index is 13.5. The molecule has 0 aliphatic rings. The molecule has 0 rings (SSSR count). The van der Waals surface area contributed by atoms with Crippen LogP contribution < -0.4 is 10.2 Å². The number of phosphoric acid groups is 1. The molecule has 0 aromatic heterocycles. The molecule has 0 saturated heterocycles. The Morgan fingerprint density at radius 1 is 0.479 bits per heavy atom. The molecular formula is C61H119N2O7P. The lowest BCUT2D eigenvalue weighted by Gasteiger charge is -2.30. The van der Waals surface area contributed by atoms with Crippen LogP contribution in [-0.2, 0) is 27.9 Å². The van der Waals surface area contributed by atoms with Crippen LogP contribution in [0.3, 0.4) is 0 Å². The highest BCUT2D eigenvalue weighted by Crippen LogP contribution is 2.38. The fraction of sp³-hybridized carbons (Fsp3) is 0.902. The van der Waals surface area contributed by atoms with Crippen LogP contribution in [0, 0.1) is 0 Å². The van der Waals surface area contributed by atoms with Crippen molar-refractivity contribution in [3.8, 4) is 0 Å². The van der Waals surface area contributed by atoms with E-state index in [9.17, 15) is 19.0 Å². The number of hydrogen-bond acceptors (Lipinski definition) is 7. The van der Waals surface area contributed by atoms with E-state index in [1.54, 1.807) is 0 Å². The summed E-state index contributed by atoms with van der Waals surface area (Å²) in [4.78, 5) is 39.9. The normalized spacial score (nSPS) is 13.8. The second-order valence-corrected chi connectivity index (χ2v) is 23.6. The number of phosphoric ester groups is 1. The van der Waals surface area contributed by atoms with E-state index >= 15 is 0 Å². The van der Waals surface area contributed by atoms with Crippen LogP contribution in [-0.4, -0.2) is 69.4 Å². The predicted octanol–water partition coefficient (Wildman–Crippen LogP) is 17.9. The van der Waals surface area contributed by atoms with Gasteiger partial charge in [-0.15, -0.1) is 0 Å². The monoisotopic (exact) mass is 1020 g/mol. The lowest BCUT2D eigenvalue weighted by molar-refractivity contribution is -0.870. The number of carbonyl (C=O) groups excluding carboxylic acids is 2. The van der Waals surface area contributed by atoms with Crippen LogP contribution >= 0.6 is 7.82 Å². The molecule has 3 unspecified atom stereocenters. The maximum atomic E-state index is 13.5. The van der Waals surface area contributed by atoms with E-state index in [-0.39, 0.29) is 31.5 Å². The van der Waals surface area contributed by atoms with E-state index in [1.807, 2.05) is 33.3 Å². The van der Waals surface area contributed by atoms with Crippen molar-refractivity contribution in [3.63, 3.8) is 0 Å². The smallest absolute Gasteiger partial charge is 0.306 e. The first kappa shape index (κ1) is 69.5. The second kappa shape index (κ2) is 52.0. The van der Waals surface area contributed by atoms with Gasteiger partial charge in [-0.2, -0.15) is 0 Å². The summed E-state index contributed by atoms with van der Waals surface area (Å²) in [7, 11) is 1.20. The fourth-order valence-corrected chi connectivity index (χ4v) is 9.83. The van der Waals surface area contributed by atoms with Crippen LogP contribution in [0.1, 0.15) is 303 Å². The molecule has 0 bridgehead atoms. The van der Waals surface area contributed by atoms with Crippen molar-refractivity contribution in [1.82, 2.24) is 5.32 Å². The van der Waals surface area contributed by atoms with Crippen molar-refractivity contribution in [2.75, 3.05) is 40.9 Å². The third kappa shape index (κ3) is 53.1. The summed E-state index contributed by atoms with van der Waals surface area (Å²) in [5.74, 6) is -0.532. The Morgan fingerprint density at radius 2 is 0.817 bits per heavy atom. The number of esters is 1. The molecule has 0 radical (unpaired) electrons. The molecule has 420 valence electrons. The predicted molar refractivity (Wildman–Crippen MR) is 303 cm³/mol. The van der Waals surface area contributed by atoms with E-state index in [1.165, 1.54) is 199 Å². The first-order chi connectivity index (χ1) is 34.4. The van der Waals surface area contributed by atoms with Gasteiger partial charge in [-0.3, -0.25) is 14.2 Å². The quantitative estimate of drug-likeness (QED) is 0.0212. The fourth-order valence-electron chi connectivity index (χ4n) is 9.11. The number of quaternary nitrogens is 1. The molecule has 0 aliphatic heterocycles. The topological polar surface area (TPSA) is 114 Å². The molecule has 0 aliphatic carbocycles. The van der Waals surface area contributed by atoms with Gasteiger partial charge < -0.3 is 28.5 Å². The van der Waals surface area contributed by atoms with Crippen molar-refractivity contribution in [1.29, 1.82) is 0 Å². The summed E-state index contributed by atoms with van der Waals surface area (Å²) < 4.78 is 30.3. The minimum atomic E-state index is -4.69. The van der Waals surface area contributed by atoms with Gasteiger partial charge in [0.25, 0.3) is 7.82 Å². The third-order valence-electron chi connectivity index (χ3n) is 13.9. The van der Waals surface area contributed by atoms with Crippen molar-refractivity contribution in [2.24, 2.45) is 0 Å². The number of carbonyl (C=O) groups is 2. The molecule has 1 N–H and O–H groups in total. The van der Waals surface area contributed by atoms with E-state index in [0.717, 1.165) is 70.6 Å². The second-order valence-electron chi connectivity index (χ2n) is 22.2. The molecule has 0 spiro atoms. The number of allylic oxidation sites excluding steroid dienone is 3. The Balaban J connectivity index is 5.20. The number of nitrogens with zero attached hydrogens (tertiary/aromatic N) is 1. The van der Waals surface area contributed by atoms with Gasteiger partial charge in [0.2, 0.25) is 5.91 Å².